The fourth-order valence-corrected chi connectivity index (χ4v) is 4.10. The summed E-state index contributed by atoms with van der Waals surface area (Å²) in [5.41, 5.74) is 2.26. The van der Waals surface area contributed by atoms with E-state index in [1.165, 1.54) is 16.9 Å². The number of aryl methyl sites for hydroxylation is 1. The Morgan fingerprint density at radius 2 is 2.00 bits per heavy atom. The van der Waals surface area contributed by atoms with E-state index in [9.17, 15) is 4.79 Å². The number of aromatic amines is 1. The van der Waals surface area contributed by atoms with Crippen LogP contribution in [0.2, 0.25) is 0 Å². The molecule has 0 radical (unpaired) electrons. The third-order valence-corrected chi connectivity index (χ3v) is 5.74. The summed E-state index contributed by atoms with van der Waals surface area (Å²) < 4.78 is 12.6. The smallest absolute Gasteiger partial charge is 0.272 e. The minimum atomic E-state index is -0.372. The first-order chi connectivity index (χ1) is 14.4. The monoisotopic (exact) mass is 423 g/mol. The summed E-state index contributed by atoms with van der Waals surface area (Å²) in [6.45, 7) is 6.29. The number of nitrogens with one attached hydrogen (secondary N) is 2. The number of amides is 1. The Morgan fingerprint density at radius 1 is 1.17 bits per heavy atom. The molecule has 2 heterocycles. The van der Waals surface area contributed by atoms with E-state index in [0.29, 0.717) is 28.0 Å². The molecule has 8 nitrogen and oxygen atoms in total. The number of H-pyrrole nitrogens is 1. The van der Waals surface area contributed by atoms with Crippen molar-refractivity contribution in [2.75, 3.05) is 12.4 Å². The van der Waals surface area contributed by atoms with Gasteiger partial charge in [0.2, 0.25) is 0 Å². The molecule has 0 atom stereocenters. The second kappa shape index (κ2) is 8.11. The Balaban J connectivity index is 1.80. The SMILES string of the molecule is COc1ccc2sc(C(=O)Nc3nn[nH]n3)c(Oc3cc(C)cc(C(C)C)c3)c2c1. The van der Waals surface area contributed by atoms with Crippen molar-refractivity contribution in [1.82, 2.24) is 20.6 Å². The van der Waals surface area contributed by atoms with Gasteiger partial charge in [-0.2, -0.15) is 5.21 Å². The Hall–Kier alpha value is -3.46. The molecule has 0 unspecified atom stereocenters. The van der Waals surface area contributed by atoms with Crippen LogP contribution in [0, 0.1) is 6.92 Å². The summed E-state index contributed by atoms with van der Waals surface area (Å²) in [6, 6.07) is 11.7. The number of thiophene rings is 1. The number of nitrogens with zero attached hydrogens (tertiary/aromatic N) is 3. The van der Waals surface area contributed by atoms with Crippen LogP contribution in [0.15, 0.2) is 36.4 Å². The van der Waals surface area contributed by atoms with Crippen molar-refractivity contribution in [3.8, 4) is 17.2 Å². The lowest BCUT2D eigenvalue weighted by atomic mass is 10.0. The summed E-state index contributed by atoms with van der Waals surface area (Å²) in [5, 5.41) is 16.8. The molecule has 4 aromatic rings. The third kappa shape index (κ3) is 3.97. The molecular weight excluding hydrogens is 402 g/mol. The average molecular weight is 423 g/mol. The van der Waals surface area contributed by atoms with E-state index >= 15 is 0 Å². The zero-order valence-electron chi connectivity index (χ0n) is 17.0. The van der Waals surface area contributed by atoms with E-state index in [1.807, 2.05) is 37.3 Å². The number of carbonyl (C=O) groups excluding carboxylic acids is 1. The van der Waals surface area contributed by atoms with Gasteiger partial charge in [-0.1, -0.05) is 25.0 Å². The van der Waals surface area contributed by atoms with Crippen molar-refractivity contribution in [2.45, 2.75) is 26.7 Å². The molecule has 9 heteroatoms. The first-order valence-corrected chi connectivity index (χ1v) is 10.2. The van der Waals surface area contributed by atoms with Gasteiger partial charge in [0.15, 0.2) is 5.75 Å². The van der Waals surface area contributed by atoms with Gasteiger partial charge in [-0.3, -0.25) is 10.1 Å². The van der Waals surface area contributed by atoms with Gasteiger partial charge < -0.3 is 9.47 Å². The highest BCUT2D eigenvalue weighted by Gasteiger charge is 2.22. The first kappa shape index (κ1) is 19.8. The predicted molar refractivity (Wildman–Crippen MR) is 116 cm³/mol. The van der Waals surface area contributed by atoms with Crippen LogP contribution in [-0.2, 0) is 0 Å². The lowest BCUT2D eigenvalue weighted by Gasteiger charge is -2.12. The number of tetrazole rings is 1. The molecule has 30 heavy (non-hydrogen) atoms. The van der Waals surface area contributed by atoms with Crippen molar-refractivity contribution in [3.63, 3.8) is 0 Å². The summed E-state index contributed by atoms with van der Waals surface area (Å²) >= 11 is 1.33. The highest BCUT2D eigenvalue weighted by molar-refractivity contribution is 7.21. The van der Waals surface area contributed by atoms with Crippen LogP contribution in [-0.4, -0.2) is 33.6 Å². The maximum atomic E-state index is 13.0. The fraction of sp³-hybridized carbons (Fsp3) is 0.238. The van der Waals surface area contributed by atoms with E-state index in [-0.39, 0.29) is 11.9 Å². The van der Waals surface area contributed by atoms with E-state index < -0.39 is 0 Å². The largest absolute Gasteiger partial charge is 0.497 e. The van der Waals surface area contributed by atoms with E-state index in [2.05, 4.69) is 45.9 Å². The molecule has 0 bridgehead atoms. The van der Waals surface area contributed by atoms with Gasteiger partial charge in [0.25, 0.3) is 11.9 Å². The maximum absolute atomic E-state index is 13.0. The number of methoxy groups -OCH3 is 1. The standard InChI is InChI=1S/C21H21N5O3S/c1-11(2)13-7-12(3)8-15(9-13)29-18-16-10-14(28-4)5-6-17(16)30-19(18)20(27)22-21-23-25-26-24-21/h5-11H,1-4H3,(H2,22,23,24,25,26,27). The van der Waals surface area contributed by atoms with Gasteiger partial charge in [0.1, 0.15) is 16.4 Å². The average Bonchev–Trinajstić information content (AvgIpc) is 3.35. The van der Waals surface area contributed by atoms with Crippen molar-refractivity contribution in [2.24, 2.45) is 0 Å². The van der Waals surface area contributed by atoms with E-state index in [0.717, 1.165) is 15.6 Å². The highest BCUT2D eigenvalue weighted by Crippen LogP contribution is 2.42. The Bertz CT molecular complexity index is 1200. The third-order valence-electron chi connectivity index (χ3n) is 4.59. The number of aromatic nitrogens is 4. The second-order valence-corrected chi connectivity index (χ2v) is 8.20. The maximum Gasteiger partial charge on any atom is 0.272 e. The zero-order valence-corrected chi connectivity index (χ0v) is 17.8. The molecule has 2 aromatic heterocycles. The van der Waals surface area contributed by atoms with E-state index in [1.54, 1.807) is 7.11 Å². The molecule has 2 aromatic carbocycles. The van der Waals surface area contributed by atoms with Crippen LogP contribution in [0.25, 0.3) is 10.1 Å². The number of fused-ring (bicyclic) bond motifs is 1. The molecule has 0 saturated heterocycles. The highest BCUT2D eigenvalue weighted by atomic mass is 32.1. The molecule has 0 aliphatic carbocycles. The topological polar surface area (TPSA) is 102 Å². The molecular formula is C21H21N5O3S. The quantitative estimate of drug-likeness (QED) is 0.457. The number of hydrogen-bond acceptors (Lipinski definition) is 7. The minimum Gasteiger partial charge on any atom is -0.497 e. The molecule has 0 aliphatic rings. The van der Waals surface area contributed by atoms with Crippen LogP contribution >= 0.6 is 11.3 Å². The fourth-order valence-electron chi connectivity index (χ4n) is 3.09. The van der Waals surface area contributed by atoms with Crippen LogP contribution in [0.4, 0.5) is 5.95 Å². The summed E-state index contributed by atoms with van der Waals surface area (Å²) in [6.07, 6.45) is 0. The molecule has 0 fully saturated rings. The lowest BCUT2D eigenvalue weighted by Crippen LogP contribution is -2.12. The van der Waals surface area contributed by atoms with Crippen LogP contribution in [0.3, 0.4) is 0 Å². The van der Waals surface area contributed by atoms with E-state index in [4.69, 9.17) is 9.47 Å². The van der Waals surface area contributed by atoms with Gasteiger partial charge in [0, 0.05) is 10.1 Å². The molecule has 1 amide bonds. The zero-order chi connectivity index (χ0) is 21.3. The Kier molecular flexibility index (Phi) is 5.37. The summed E-state index contributed by atoms with van der Waals surface area (Å²) in [7, 11) is 1.60. The Morgan fingerprint density at radius 3 is 2.70 bits per heavy atom. The minimum absolute atomic E-state index is 0.0960. The molecule has 4 rings (SSSR count). The number of ether oxygens (including phenoxy) is 2. The normalized spacial score (nSPS) is 11.1. The predicted octanol–water partition coefficient (Wildman–Crippen LogP) is 4.90. The molecule has 0 saturated carbocycles. The number of hydrogen-bond donors (Lipinski definition) is 2. The van der Waals surface area contributed by atoms with Crippen molar-refractivity contribution in [1.29, 1.82) is 0 Å². The summed E-state index contributed by atoms with van der Waals surface area (Å²) in [5.74, 6) is 1.90. The number of rotatable bonds is 6. The second-order valence-electron chi connectivity index (χ2n) is 7.15. The first-order valence-electron chi connectivity index (χ1n) is 9.39. The Labute approximate surface area is 177 Å². The van der Waals surface area contributed by atoms with Crippen LogP contribution in [0.5, 0.6) is 17.2 Å². The van der Waals surface area contributed by atoms with Gasteiger partial charge in [0.05, 0.1) is 7.11 Å². The lowest BCUT2D eigenvalue weighted by molar-refractivity contribution is 0.102. The molecule has 0 spiro atoms. The molecule has 2 N–H and O–H groups in total. The van der Waals surface area contributed by atoms with Gasteiger partial charge in [-0.25, -0.2) is 0 Å². The number of anilines is 1. The van der Waals surface area contributed by atoms with Gasteiger partial charge >= 0.3 is 0 Å². The van der Waals surface area contributed by atoms with Crippen LogP contribution in [0.1, 0.15) is 40.6 Å². The van der Waals surface area contributed by atoms with Crippen LogP contribution < -0.4 is 14.8 Å². The van der Waals surface area contributed by atoms with Gasteiger partial charge in [-0.15, -0.1) is 16.4 Å². The van der Waals surface area contributed by atoms with Crippen molar-refractivity contribution < 1.29 is 14.3 Å². The molecule has 154 valence electrons. The summed E-state index contributed by atoms with van der Waals surface area (Å²) in [4.78, 5) is 13.4. The van der Waals surface area contributed by atoms with Gasteiger partial charge in [-0.05, 0) is 59.5 Å². The molecule has 0 aliphatic heterocycles. The number of benzene rings is 2. The van der Waals surface area contributed by atoms with Crippen molar-refractivity contribution >= 4 is 33.3 Å². The van der Waals surface area contributed by atoms with Crippen molar-refractivity contribution in [3.05, 3.63) is 52.4 Å². The number of carbonyl (C=O) groups is 1.